The second kappa shape index (κ2) is 8.01. The van der Waals surface area contributed by atoms with E-state index in [-0.39, 0.29) is 61.0 Å². The summed E-state index contributed by atoms with van der Waals surface area (Å²) in [7, 11) is 0. The number of nitrogens with two attached hydrogens (primary N) is 1. The summed E-state index contributed by atoms with van der Waals surface area (Å²) in [6.45, 7) is -1.00. The number of carbonyl (C=O) groups excluding carboxylic acids is 2. The summed E-state index contributed by atoms with van der Waals surface area (Å²) in [6.07, 6.45) is 0.0887. The number of ether oxygens (including phenoxy) is 1. The average molecular weight is 407 g/mol. The third kappa shape index (κ3) is 4.52. The highest BCUT2D eigenvalue weighted by molar-refractivity contribution is 6.59. The number of hydrogen-bond acceptors (Lipinski definition) is 8. The smallest absolute Gasteiger partial charge is 0.430 e. The molecule has 29 heavy (non-hydrogen) atoms. The Morgan fingerprint density at radius 2 is 2.03 bits per heavy atom. The van der Waals surface area contributed by atoms with Crippen LogP contribution < -0.4 is 15.1 Å². The summed E-state index contributed by atoms with van der Waals surface area (Å²) in [5, 5.41) is 29.1. The van der Waals surface area contributed by atoms with Crippen LogP contribution in [0.15, 0.2) is 12.1 Å². The lowest BCUT2D eigenvalue weighted by Gasteiger charge is -2.41. The van der Waals surface area contributed by atoms with Gasteiger partial charge >= 0.3 is 12.7 Å². The second-order valence-corrected chi connectivity index (χ2v) is 7.43. The summed E-state index contributed by atoms with van der Waals surface area (Å²) < 4.78 is 10.8. The maximum atomic E-state index is 12.2. The van der Waals surface area contributed by atoms with E-state index >= 15 is 0 Å². The number of fused-ring (bicyclic) bond motifs is 1. The SMILES string of the molecule is CCC(=O)C[C@@H](N)C(=O)N1CC(Oc2ccc3c(c2C(=O)O)O[B-](O)(O)CC3)C1. The average Bonchev–Trinajstić information content (AvgIpc) is 2.61. The van der Waals surface area contributed by atoms with Gasteiger partial charge in [0.15, 0.2) is 0 Å². The molecule has 11 heteroatoms. The van der Waals surface area contributed by atoms with Gasteiger partial charge in [0, 0.05) is 12.8 Å². The summed E-state index contributed by atoms with van der Waals surface area (Å²) in [6, 6.07) is 2.21. The molecule has 0 aromatic heterocycles. The molecule has 2 aliphatic heterocycles. The monoisotopic (exact) mass is 407 g/mol. The van der Waals surface area contributed by atoms with Crippen molar-refractivity contribution in [1.29, 1.82) is 0 Å². The predicted octanol–water partition coefficient (Wildman–Crippen LogP) is -0.471. The molecule has 158 valence electrons. The van der Waals surface area contributed by atoms with Crippen molar-refractivity contribution in [1.82, 2.24) is 4.90 Å². The lowest BCUT2D eigenvalue weighted by atomic mass is 9.70. The third-order valence-electron chi connectivity index (χ3n) is 5.12. The first-order valence-corrected chi connectivity index (χ1v) is 9.52. The maximum absolute atomic E-state index is 12.2. The molecular weight excluding hydrogens is 383 g/mol. The van der Waals surface area contributed by atoms with Crippen molar-refractivity contribution in [3.05, 3.63) is 23.3 Å². The number of nitrogens with zero attached hydrogens (tertiary/aromatic N) is 1. The number of amides is 1. The molecular formula is C18H24BN2O8-. The standard InChI is InChI=1S/C18H24BN2O8/c1-2-11(22)7-13(20)17(23)21-8-12(9-21)28-14-4-3-10-5-6-19(26,27)29-16(10)15(14)18(24)25/h3-4,12-13,26-27H,2,5-9,20H2,1H3,(H,24,25)/q-1/t13-/m1/s1. The van der Waals surface area contributed by atoms with Crippen molar-refractivity contribution < 1.29 is 38.9 Å². The van der Waals surface area contributed by atoms with Crippen LogP contribution in [-0.4, -0.2) is 69.7 Å². The molecule has 1 amide bonds. The molecule has 2 heterocycles. The van der Waals surface area contributed by atoms with E-state index in [2.05, 4.69) is 0 Å². The van der Waals surface area contributed by atoms with Crippen molar-refractivity contribution >= 4 is 24.4 Å². The van der Waals surface area contributed by atoms with Crippen molar-refractivity contribution in [2.75, 3.05) is 13.1 Å². The topological polar surface area (TPSA) is 160 Å². The fourth-order valence-electron chi connectivity index (χ4n) is 3.41. The number of hydrogen-bond donors (Lipinski definition) is 4. The van der Waals surface area contributed by atoms with Crippen molar-refractivity contribution in [3.8, 4) is 11.5 Å². The van der Waals surface area contributed by atoms with Gasteiger partial charge in [-0.25, -0.2) is 4.79 Å². The van der Waals surface area contributed by atoms with Crippen LogP contribution in [0.5, 0.6) is 11.5 Å². The highest BCUT2D eigenvalue weighted by atomic mass is 16.6. The number of benzene rings is 1. The van der Waals surface area contributed by atoms with Gasteiger partial charge in [0.1, 0.15) is 23.2 Å². The molecule has 0 saturated carbocycles. The van der Waals surface area contributed by atoms with Crippen LogP contribution in [0.25, 0.3) is 0 Å². The number of carboxylic acid groups (broad SMARTS) is 1. The third-order valence-corrected chi connectivity index (χ3v) is 5.12. The van der Waals surface area contributed by atoms with Gasteiger partial charge in [-0.1, -0.05) is 19.3 Å². The van der Waals surface area contributed by atoms with Gasteiger partial charge in [-0.2, -0.15) is 0 Å². The molecule has 0 unspecified atom stereocenters. The van der Waals surface area contributed by atoms with Crippen LogP contribution in [0.2, 0.25) is 6.32 Å². The van der Waals surface area contributed by atoms with Crippen molar-refractivity contribution in [2.24, 2.45) is 5.73 Å². The Kier molecular flexibility index (Phi) is 5.83. The minimum absolute atomic E-state index is 0.0193. The molecule has 1 atom stereocenters. The summed E-state index contributed by atoms with van der Waals surface area (Å²) in [4.78, 5) is 36.9. The van der Waals surface area contributed by atoms with E-state index in [1.54, 1.807) is 13.0 Å². The fourth-order valence-corrected chi connectivity index (χ4v) is 3.41. The quantitative estimate of drug-likeness (QED) is 0.438. The van der Waals surface area contributed by atoms with Crippen LogP contribution in [0.4, 0.5) is 0 Å². The highest BCUT2D eigenvalue weighted by Crippen LogP contribution is 2.38. The van der Waals surface area contributed by atoms with E-state index in [1.807, 2.05) is 0 Å². The minimum Gasteiger partial charge on any atom is -0.669 e. The molecule has 5 N–H and O–H groups in total. The fraction of sp³-hybridized carbons (Fsp3) is 0.500. The van der Waals surface area contributed by atoms with Gasteiger partial charge < -0.3 is 35.2 Å². The van der Waals surface area contributed by atoms with Crippen LogP contribution in [0, 0.1) is 0 Å². The Balaban J connectivity index is 1.67. The highest BCUT2D eigenvalue weighted by Gasteiger charge is 2.37. The van der Waals surface area contributed by atoms with E-state index < -0.39 is 24.9 Å². The maximum Gasteiger partial charge on any atom is 0.430 e. The minimum atomic E-state index is -3.12. The molecule has 2 aliphatic rings. The Hall–Kier alpha value is -2.63. The largest absolute Gasteiger partial charge is 0.669 e. The number of aryl methyl sites for hydroxylation is 1. The van der Waals surface area contributed by atoms with Crippen molar-refractivity contribution in [3.63, 3.8) is 0 Å². The molecule has 1 aromatic rings. The Morgan fingerprint density at radius 1 is 1.34 bits per heavy atom. The second-order valence-electron chi connectivity index (χ2n) is 7.43. The van der Waals surface area contributed by atoms with Crippen LogP contribution in [0.3, 0.4) is 0 Å². The molecule has 1 fully saturated rings. The summed E-state index contributed by atoms with van der Waals surface area (Å²) in [5.74, 6) is -1.86. The number of carboxylic acids is 1. The van der Waals surface area contributed by atoms with Gasteiger partial charge in [-0.3, -0.25) is 9.59 Å². The molecule has 1 saturated heterocycles. The summed E-state index contributed by atoms with van der Waals surface area (Å²) >= 11 is 0. The van der Waals surface area contributed by atoms with E-state index in [0.717, 1.165) is 0 Å². The number of ketones is 1. The first-order valence-electron chi connectivity index (χ1n) is 9.52. The first kappa shape index (κ1) is 21.1. The number of rotatable bonds is 7. The van der Waals surface area contributed by atoms with Crippen LogP contribution >= 0.6 is 0 Å². The van der Waals surface area contributed by atoms with Gasteiger partial charge in [0.2, 0.25) is 5.91 Å². The lowest BCUT2D eigenvalue weighted by molar-refractivity contribution is -0.142. The molecule has 0 radical (unpaired) electrons. The van der Waals surface area contributed by atoms with Gasteiger partial charge in [-0.15, -0.1) is 0 Å². The van der Waals surface area contributed by atoms with Crippen LogP contribution in [0.1, 0.15) is 35.7 Å². The van der Waals surface area contributed by atoms with E-state index in [4.69, 9.17) is 15.1 Å². The van der Waals surface area contributed by atoms with Gasteiger partial charge in [0.05, 0.1) is 24.9 Å². The zero-order chi connectivity index (χ0) is 21.3. The van der Waals surface area contributed by atoms with E-state index in [1.165, 1.54) is 11.0 Å². The normalized spacial score (nSPS) is 18.8. The molecule has 1 aromatic carbocycles. The Labute approximate surface area is 167 Å². The summed E-state index contributed by atoms with van der Waals surface area (Å²) in [5.41, 5.74) is 6.04. The molecule has 0 bridgehead atoms. The predicted molar refractivity (Wildman–Crippen MR) is 102 cm³/mol. The lowest BCUT2D eigenvalue weighted by Crippen LogP contribution is -2.60. The number of aromatic carboxylic acids is 1. The molecule has 0 spiro atoms. The van der Waals surface area contributed by atoms with Crippen molar-refractivity contribution in [2.45, 2.75) is 44.7 Å². The van der Waals surface area contributed by atoms with E-state index in [9.17, 15) is 29.5 Å². The van der Waals surface area contributed by atoms with Gasteiger partial charge in [0.25, 0.3) is 0 Å². The zero-order valence-electron chi connectivity index (χ0n) is 16.0. The first-order chi connectivity index (χ1) is 13.6. The zero-order valence-corrected chi connectivity index (χ0v) is 16.0. The van der Waals surface area contributed by atoms with E-state index in [0.29, 0.717) is 12.0 Å². The number of carbonyl (C=O) groups is 3. The molecule has 3 rings (SSSR count). The molecule has 10 nitrogen and oxygen atoms in total. The molecule has 0 aliphatic carbocycles. The Morgan fingerprint density at radius 3 is 2.66 bits per heavy atom. The number of likely N-dealkylation sites (tertiary alicyclic amines) is 1. The Bertz CT molecular complexity index is 837. The van der Waals surface area contributed by atoms with Crippen LogP contribution in [-0.2, 0) is 16.0 Å². The van der Waals surface area contributed by atoms with Gasteiger partial charge in [-0.05, 0) is 18.1 Å². The number of Topliss-reactive ketones (excluding diaryl/α,β-unsaturated/α-hetero) is 1.